The molecule has 0 aliphatic heterocycles. The first-order valence-corrected chi connectivity index (χ1v) is 3.04. The zero-order valence-electron chi connectivity index (χ0n) is 4.93. The third kappa shape index (κ3) is 1.22. The fraction of sp³-hybridized carbons (Fsp3) is 0.571. The van der Waals surface area contributed by atoms with Crippen LogP contribution in [-0.2, 0) is 0 Å². The third-order valence-corrected chi connectivity index (χ3v) is 1.41. The van der Waals surface area contributed by atoms with Crippen molar-refractivity contribution in [2.24, 2.45) is 11.7 Å². The minimum absolute atomic E-state index is 0.694. The lowest BCUT2D eigenvalue weighted by Gasteiger charge is -2.00. The van der Waals surface area contributed by atoms with Gasteiger partial charge in [0.1, 0.15) is 0 Å². The number of nitrogens with two attached hydrogens (primary N) is 1. The molecule has 1 nitrogen and oxygen atoms in total. The number of rotatable bonds is 2. The molecule has 0 fully saturated rings. The molecule has 1 heteroatoms. The molecule has 0 saturated heterocycles. The van der Waals surface area contributed by atoms with E-state index in [4.69, 9.17) is 5.73 Å². The van der Waals surface area contributed by atoms with Crippen molar-refractivity contribution >= 4 is 0 Å². The maximum atomic E-state index is 5.35. The second-order valence-electron chi connectivity index (χ2n) is 2.11. The first-order chi connectivity index (χ1) is 3.93. The van der Waals surface area contributed by atoms with Crippen LogP contribution in [0.2, 0.25) is 0 Å². The molecular formula is C7H11N. The van der Waals surface area contributed by atoms with Gasteiger partial charge in [0.25, 0.3) is 0 Å². The van der Waals surface area contributed by atoms with E-state index in [-0.39, 0.29) is 0 Å². The molecule has 1 aliphatic rings. The fourth-order valence-corrected chi connectivity index (χ4v) is 0.907. The molecule has 0 spiro atoms. The molecule has 0 amide bonds. The third-order valence-electron chi connectivity index (χ3n) is 1.41. The number of allylic oxidation sites excluding steroid dienone is 1. The van der Waals surface area contributed by atoms with Gasteiger partial charge in [-0.05, 0) is 37.5 Å². The molecule has 44 valence electrons. The van der Waals surface area contributed by atoms with Gasteiger partial charge in [0.05, 0.1) is 0 Å². The smallest absolute Gasteiger partial charge is 0.00713 e. The van der Waals surface area contributed by atoms with Crippen LogP contribution in [0.3, 0.4) is 0 Å². The monoisotopic (exact) mass is 109 g/mol. The summed E-state index contributed by atoms with van der Waals surface area (Å²) in [6, 6.07) is 0. The first-order valence-electron chi connectivity index (χ1n) is 3.04. The van der Waals surface area contributed by atoms with Gasteiger partial charge in [0.2, 0.25) is 0 Å². The second-order valence-corrected chi connectivity index (χ2v) is 2.11. The largest absolute Gasteiger partial charge is 0.330 e. The van der Waals surface area contributed by atoms with Gasteiger partial charge in [-0.3, -0.25) is 0 Å². The summed E-state index contributed by atoms with van der Waals surface area (Å²) >= 11 is 0. The van der Waals surface area contributed by atoms with Crippen LogP contribution in [0, 0.1) is 5.92 Å². The van der Waals surface area contributed by atoms with E-state index in [2.05, 4.69) is 17.9 Å². The quantitative estimate of drug-likeness (QED) is 0.527. The van der Waals surface area contributed by atoms with Crippen molar-refractivity contribution in [3.05, 3.63) is 17.9 Å². The summed E-state index contributed by atoms with van der Waals surface area (Å²) in [6.07, 6.45) is 6.44. The van der Waals surface area contributed by atoms with Gasteiger partial charge in [-0.15, -0.1) is 5.73 Å². The summed E-state index contributed by atoms with van der Waals surface area (Å²) in [4.78, 5) is 0. The van der Waals surface area contributed by atoms with E-state index in [0.29, 0.717) is 5.92 Å². The van der Waals surface area contributed by atoms with Gasteiger partial charge < -0.3 is 5.73 Å². The SMILES string of the molecule is NCCC1C=C=CC1. The van der Waals surface area contributed by atoms with Crippen LogP contribution < -0.4 is 5.73 Å². The maximum Gasteiger partial charge on any atom is -0.00713 e. The van der Waals surface area contributed by atoms with Crippen LogP contribution in [0.1, 0.15) is 12.8 Å². The molecule has 1 unspecified atom stereocenters. The Morgan fingerprint density at radius 3 is 3.12 bits per heavy atom. The Morgan fingerprint density at radius 1 is 1.75 bits per heavy atom. The number of hydrogen-bond donors (Lipinski definition) is 1. The standard InChI is InChI=1S/C7H11N/c8-6-5-7-3-1-2-4-7/h1,4,7H,3,5-6,8H2. The van der Waals surface area contributed by atoms with E-state index in [9.17, 15) is 0 Å². The molecule has 0 radical (unpaired) electrons. The summed E-state index contributed by atoms with van der Waals surface area (Å²) in [5, 5.41) is 0. The van der Waals surface area contributed by atoms with Crippen molar-refractivity contribution in [3.8, 4) is 0 Å². The lowest BCUT2D eigenvalue weighted by atomic mass is 10.1. The molecular weight excluding hydrogens is 98.1 g/mol. The van der Waals surface area contributed by atoms with Gasteiger partial charge in [-0.2, -0.15) is 0 Å². The zero-order valence-corrected chi connectivity index (χ0v) is 4.93. The van der Waals surface area contributed by atoms with Crippen LogP contribution in [0.15, 0.2) is 17.9 Å². The van der Waals surface area contributed by atoms with Crippen molar-refractivity contribution in [1.82, 2.24) is 0 Å². The highest BCUT2D eigenvalue weighted by Crippen LogP contribution is 2.13. The molecule has 8 heavy (non-hydrogen) atoms. The van der Waals surface area contributed by atoms with E-state index in [1.165, 1.54) is 0 Å². The van der Waals surface area contributed by atoms with Gasteiger partial charge in [-0.25, -0.2) is 0 Å². The molecule has 0 heterocycles. The molecule has 1 atom stereocenters. The second kappa shape index (κ2) is 2.71. The van der Waals surface area contributed by atoms with Crippen molar-refractivity contribution < 1.29 is 0 Å². The summed E-state index contributed by atoms with van der Waals surface area (Å²) in [5.41, 5.74) is 8.40. The molecule has 1 aliphatic carbocycles. The molecule has 1 rings (SSSR count). The Balaban J connectivity index is 2.21. The average Bonchev–Trinajstić information content (AvgIpc) is 2.19. The van der Waals surface area contributed by atoms with E-state index >= 15 is 0 Å². The minimum Gasteiger partial charge on any atom is -0.330 e. The molecule has 0 aromatic rings. The summed E-state index contributed by atoms with van der Waals surface area (Å²) in [5.74, 6) is 0.694. The van der Waals surface area contributed by atoms with E-state index in [0.717, 1.165) is 19.4 Å². The van der Waals surface area contributed by atoms with Gasteiger partial charge >= 0.3 is 0 Å². The average molecular weight is 109 g/mol. The lowest BCUT2D eigenvalue weighted by molar-refractivity contribution is 0.621. The predicted octanol–water partition coefficient (Wildman–Crippen LogP) is 1.07. The van der Waals surface area contributed by atoms with E-state index in [1.54, 1.807) is 0 Å². The van der Waals surface area contributed by atoms with Gasteiger partial charge in [-0.1, -0.05) is 0 Å². The highest BCUT2D eigenvalue weighted by atomic mass is 14.5. The topological polar surface area (TPSA) is 26.0 Å². The van der Waals surface area contributed by atoms with Crippen LogP contribution in [0.4, 0.5) is 0 Å². The molecule has 2 N–H and O–H groups in total. The fourth-order valence-electron chi connectivity index (χ4n) is 0.907. The van der Waals surface area contributed by atoms with E-state index in [1.807, 2.05) is 0 Å². The first kappa shape index (κ1) is 5.61. The van der Waals surface area contributed by atoms with E-state index < -0.39 is 0 Å². The predicted molar refractivity (Wildman–Crippen MR) is 34.4 cm³/mol. The van der Waals surface area contributed by atoms with Crippen molar-refractivity contribution in [1.29, 1.82) is 0 Å². The number of hydrogen-bond acceptors (Lipinski definition) is 1. The van der Waals surface area contributed by atoms with Crippen molar-refractivity contribution in [2.45, 2.75) is 12.8 Å². The Labute approximate surface area is 49.9 Å². The summed E-state index contributed by atoms with van der Waals surface area (Å²) in [6.45, 7) is 0.802. The Hall–Kier alpha value is -0.520. The van der Waals surface area contributed by atoms with Crippen LogP contribution >= 0.6 is 0 Å². The Bertz CT molecular complexity index is 120. The normalized spacial score (nSPS) is 24.9. The Kier molecular flexibility index (Phi) is 1.90. The summed E-state index contributed by atoms with van der Waals surface area (Å²) in [7, 11) is 0. The molecule has 0 bridgehead atoms. The molecule has 0 aromatic heterocycles. The highest BCUT2D eigenvalue weighted by Gasteiger charge is 2.02. The highest BCUT2D eigenvalue weighted by molar-refractivity contribution is 4.99. The Morgan fingerprint density at radius 2 is 2.62 bits per heavy atom. The zero-order chi connectivity index (χ0) is 5.82. The van der Waals surface area contributed by atoms with Crippen LogP contribution in [0.5, 0.6) is 0 Å². The minimum atomic E-state index is 0.694. The van der Waals surface area contributed by atoms with Crippen LogP contribution in [0.25, 0.3) is 0 Å². The maximum absolute atomic E-state index is 5.35. The van der Waals surface area contributed by atoms with Crippen LogP contribution in [-0.4, -0.2) is 6.54 Å². The lowest BCUT2D eigenvalue weighted by Crippen LogP contribution is -2.04. The van der Waals surface area contributed by atoms with Gasteiger partial charge in [0.15, 0.2) is 0 Å². The summed E-state index contributed by atoms with van der Waals surface area (Å²) < 4.78 is 0. The van der Waals surface area contributed by atoms with Crippen molar-refractivity contribution in [3.63, 3.8) is 0 Å². The van der Waals surface area contributed by atoms with Crippen molar-refractivity contribution in [2.75, 3.05) is 6.54 Å². The molecule has 0 aromatic carbocycles. The van der Waals surface area contributed by atoms with Gasteiger partial charge in [0, 0.05) is 0 Å². The molecule has 0 saturated carbocycles.